The van der Waals surface area contributed by atoms with Crippen molar-refractivity contribution >= 4 is 22.2 Å². The van der Waals surface area contributed by atoms with Crippen LogP contribution in [0.1, 0.15) is 41.0 Å². The van der Waals surface area contributed by atoms with E-state index in [2.05, 4.69) is 10.3 Å². The maximum absolute atomic E-state index is 12.5. The highest BCUT2D eigenvalue weighted by Gasteiger charge is 2.17. The Balaban J connectivity index is 1.51. The fourth-order valence-corrected chi connectivity index (χ4v) is 3.52. The van der Waals surface area contributed by atoms with Crippen molar-refractivity contribution in [3.05, 3.63) is 52.8 Å². The number of rotatable bonds is 3. The van der Waals surface area contributed by atoms with Gasteiger partial charge in [-0.05, 0) is 43.5 Å². The molecule has 0 saturated heterocycles. The highest BCUT2D eigenvalue weighted by Crippen LogP contribution is 2.26. The normalized spacial score (nSPS) is 15.0. The smallest absolute Gasteiger partial charge is 0.251 e. The maximum Gasteiger partial charge on any atom is 0.251 e. The molecule has 0 bridgehead atoms. The zero-order chi connectivity index (χ0) is 15.8. The van der Waals surface area contributed by atoms with Gasteiger partial charge in [0.25, 0.3) is 5.91 Å². The number of fused-ring (bicyclic) bond motifs is 2. The van der Waals surface area contributed by atoms with E-state index in [1.54, 1.807) is 11.3 Å². The minimum atomic E-state index is -0.137. The van der Waals surface area contributed by atoms with Gasteiger partial charge in [0.15, 0.2) is 4.96 Å². The number of thiazole rings is 1. The summed E-state index contributed by atoms with van der Waals surface area (Å²) < 4.78 is 7.56. The van der Waals surface area contributed by atoms with Gasteiger partial charge in [0.2, 0.25) is 0 Å². The molecule has 0 radical (unpaired) electrons. The third-order valence-electron chi connectivity index (χ3n) is 4.07. The van der Waals surface area contributed by atoms with Crippen LogP contribution >= 0.6 is 11.3 Å². The third kappa shape index (κ3) is 2.70. The Labute approximate surface area is 137 Å². The minimum Gasteiger partial charge on any atom is -0.493 e. The van der Waals surface area contributed by atoms with Gasteiger partial charge in [0, 0.05) is 23.3 Å². The number of nitrogens with one attached hydrogen (secondary N) is 1. The molecule has 6 heteroatoms. The zero-order valence-corrected chi connectivity index (χ0v) is 13.6. The number of hydrogen-bond acceptors (Lipinski definition) is 4. The molecule has 0 unspecified atom stereocenters. The summed E-state index contributed by atoms with van der Waals surface area (Å²) in [4.78, 5) is 18.0. The number of hydrogen-bond donors (Lipinski definition) is 1. The number of carbonyl (C=O) groups is 1. The van der Waals surface area contributed by atoms with E-state index in [0.717, 1.165) is 41.4 Å². The van der Waals surface area contributed by atoms with Crippen LogP contribution in [0.2, 0.25) is 0 Å². The monoisotopic (exact) mass is 327 g/mol. The molecule has 5 nitrogen and oxygen atoms in total. The van der Waals surface area contributed by atoms with Crippen molar-refractivity contribution in [2.45, 2.75) is 25.8 Å². The summed E-state index contributed by atoms with van der Waals surface area (Å²) in [5.74, 6) is 0.817. The quantitative estimate of drug-likeness (QED) is 0.803. The molecule has 118 valence electrons. The molecule has 0 aliphatic carbocycles. The molecule has 1 aliphatic rings. The van der Waals surface area contributed by atoms with E-state index < -0.39 is 0 Å². The molecule has 2 aromatic heterocycles. The number of aryl methyl sites for hydroxylation is 1. The van der Waals surface area contributed by atoms with Crippen molar-refractivity contribution in [1.29, 1.82) is 0 Å². The maximum atomic E-state index is 12.5. The van der Waals surface area contributed by atoms with Crippen LogP contribution in [0.3, 0.4) is 0 Å². The van der Waals surface area contributed by atoms with Gasteiger partial charge in [-0.25, -0.2) is 4.98 Å². The van der Waals surface area contributed by atoms with Gasteiger partial charge in [-0.1, -0.05) is 0 Å². The van der Waals surface area contributed by atoms with Gasteiger partial charge >= 0.3 is 0 Å². The van der Waals surface area contributed by atoms with Crippen LogP contribution < -0.4 is 10.1 Å². The second-order valence-corrected chi connectivity index (χ2v) is 6.60. The third-order valence-corrected chi connectivity index (χ3v) is 4.84. The first kappa shape index (κ1) is 14.3. The Hall–Kier alpha value is -2.34. The predicted octanol–water partition coefficient (Wildman–Crippen LogP) is 3.21. The fourth-order valence-electron chi connectivity index (χ4n) is 2.81. The molecular weight excluding hydrogens is 310 g/mol. The number of carbonyl (C=O) groups excluding carboxylic acids is 1. The molecule has 0 fully saturated rings. The van der Waals surface area contributed by atoms with Crippen molar-refractivity contribution in [2.24, 2.45) is 0 Å². The van der Waals surface area contributed by atoms with Crippen molar-refractivity contribution in [1.82, 2.24) is 14.7 Å². The van der Waals surface area contributed by atoms with E-state index in [0.29, 0.717) is 5.56 Å². The lowest BCUT2D eigenvalue weighted by atomic mass is 10.0. The lowest BCUT2D eigenvalue weighted by Crippen LogP contribution is -2.27. The van der Waals surface area contributed by atoms with Crippen molar-refractivity contribution in [3.63, 3.8) is 0 Å². The Morgan fingerprint density at radius 2 is 2.39 bits per heavy atom. The Bertz CT molecular complexity index is 839. The van der Waals surface area contributed by atoms with Crippen LogP contribution in [0.5, 0.6) is 5.75 Å². The zero-order valence-electron chi connectivity index (χ0n) is 12.8. The van der Waals surface area contributed by atoms with Crippen LogP contribution in [0, 0.1) is 0 Å². The molecular formula is C17H17N3O2S. The fraction of sp³-hybridized carbons (Fsp3) is 0.294. The minimum absolute atomic E-state index is 0.0813. The van der Waals surface area contributed by atoms with Crippen molar-refractivity contribution in [2.75, 3.05) is 6.61 Å². The summed E-state index contributed by atoms with van der Waals surface area (Å²) in [5, 5.41) is 5.01. The second kappa shape index (κ2) is 5.70. The van der Waals surface area contributed by atoms with Crippen molar-refractivity contribution < 1.29 is 9.53 Å². The number of aromatic nitrogens is 2. The van der Waals surface area contributed by atoms with Gasteiger partial charge in [0.1, 0.15) is 5.75 Å². The molecule has 1 aliphatic heterocycles. The van der Waals surface area contributed by atoms with Gasteiger partial charge in [-0.3, -0.25) is 9.20 Å². The summed E-state index contributed by atoms with van der Waals surface area (Å²) in [6.45, 7) is 2.71. The average Bonchev–Trinajstić information content (AvgIpc) is 3.16. The number of imidazole rings is 1. The second-order valence-electron chi connectivity index (χ2n) is 5.73. The Kier molecular flexibility index (Phi) is 3.53. The first-order chi connectivity index (χ1) is 11.2. The lowest BCUT2D eigenvalue weighted by Gasteiger charge is -2.18. The van der Waals surface area contributed by atoms with Crippen LogP contribution in [-0.2, 0) is 6.42 Å². The van der Waals surface area contributed by atoms with E-state index in [1.807, 2.05) is 47.3 Å². The first-order valence-electron chi connectivity index (χ1n) is 7.69. The van der Waals surface area contributed by atoms with Crippen LogP contribution in [0.15, 0.2) is 36.0 Å². The largest absolute Gasteiger partial charge is 0.493 e. The summed E-state index contributed by atoms with van der Waals surface area (Å²) in [6, 6.07) is 5.50. The summed E-state index contributed by atoms with van der Waals surface area (Å²) in [6.07, 6.45) is 5.88. The molecule has 1 N–H and O–H groups in total. The summed E-state index contributed by atoms with van der Waals surface area (Å²) >= 11 is 1.58. The number of nitrogens with zero attached hydrogens (tertiary/aromatic N) is 2. The highest BCUT2D eigenvalue weighted by atomic mass is 32.1. The number of benzene rings is 1. The van der Waals surface area contributed by atoms with E-state index in [1.165, 1.54) is 0 Å². The summed E-state index contributed by atoms with van der Waals surface area (Å²) in [7, 11) is 0. The molecule has 0 spiro atoms. The van der Waals surface area contributed by atoms with Crippen molar-refractivity contribution in [3.8, 4) is 5.75 Å². The molecule has 3 aromatic rings. The molecule has 4 rings (SSSR count). The Morgan fingerprint density at radius 3 is 3.26 bits per heavy atom. The SMILES string of the molecule is C[C@@H](NC(=O)c1ccc2c(c1)CCCO2)c1cn2ccsc2n1. The highest BCUT2D eigenvalue weighted by molar-refractivity contribution is 7.15. The lowest BCUT2D eigenvalue weighted by molar-refractivity contribution is 0.0939. The number of amides is 1. The first-order valence-corrected chi connectivity index (χ1v) is 8.57. The molecule has 3 heterocycles. The van der Waals surface area contributed by atoms with Gasteiger partial charge < -0.3 is 10.1 Å². The van der Waals surface area contributed by atoms with Gasteiger partial charge in [0.05, 0.1) is 18.3 Å². The summed E-state index contributed by atoms with van der Waals surface area (Å²) in [5.41, 5.74) is 2.65. The van der Waals surface area contributed by atoms with Crippen LogP contribution in [0.25, 0.3) is 4.96 Å². The molecule has 0 saturated carbocycles. The predicted molar refractivity (Wildman–Crippen MR) is 89.2 cm³/mol. The van der Waals surface area contributed by atoms with Crippen LogP contribution in [-0.4, -0.2) is 21.9 Å². The Morgan fingerprint density at radius 1 is 1.48 bits per heavy atom. The average molecular weight is 327 g/mol. The van der Waals surface area contributed by atoms with Gasteiger partial charge in [-0.15, -0.1) is 11.3 Å². The van der Waals surface area contributed by atoms with Crippen LogP contribution in [0.4, 0.5) is 0 Å². The van der Waals surface area contributed by atoms with E-state index >= 15 is 0 Å². The molecule has 1 amide bonds. The molecule has 1 aromatic carbocycles. The standard InChI is InChI=1S/C17H17N3O2S/c1-11(14-10-20-6-8-23-17(20)19-14)18-16(21)13-4-5-15-12(9-13)3-2-7-22-15/h4-6,8-11H,2-3,7H2,1H3,(H,18,21)/t11-/m1/s1. The van der Waals surface area contributed by atoms with E-state index in [-0.39, 0.29) is 11.9 Å². The van der Waals surface area contributed by atoms with E-state index in [4.69, 9.17) is 4.74 Å². The topological polar surface area (TPSA) is 55.6 Å². The number of ether oxygens (including phenoxy) is 1. The molecule has 1 atom stereocenters. The molecule has 23 heavy (non-hydrogen) atoms. The van der Waals surface area contributed by atoms with Gasteiger partial charge in [-0.2, -0.15) is 0 Å². The van der Waals surface area contributed by atoms with E-state index in [9.17, 15) is 4.79 Å².